The standard InChI is InChI=1S/C14H15N3O2/c1-8-5-9(2)7-11(6-8)17-13(10-3-4-10)15-12(16-17)14(18)19/h5-7,10H,3-4H2,1-2H3,(H,18,19). The maximum Gasteiger partial charge on any atom is 0.375 e. The lowest BCUT2D eigenvalue weighted by Crippen LogP contribution is -2.04. The zero-order valence-electron chi connectivity index (χ0n) is 10.9. The van der Waals surface area contributed by atoms with Gasteiger partial charge < -0.3 is 5.11 Å². The quantitative estimate of drug-likeness (QED) is 0.917. The van der Waals surface area contributed by atoms with Crippen LogP contribution in [0.2, 0.25) is 0 Å². The van der Waals surface area contributed by atoms with Crippen LogP contribution < -0.4 is 0 Å². The first-order valence-corrected chi connectivity index (χ1v) is 6.33. The fraction of sp³-hybridized carbons (Fsp3) is 0.357. The van der Waals surface area contributed by atoms with E-state index in [1.54, 1.807) is 4.68 Å². The lowest BCUT2D eigenvalue weighted by atomic mass is 10.1. The highest BCUT2D eigenvalue weighted by Crippen LogP contribution is 2.39. The molecule has 1 aromatic heterocycles. The third-order valence-corrected chi connectivity index (χ3v) is 3.22. The van der Waals surface area contributed by atoms with Crippen molar-refractivity contribution in [2.45, 2.75) is 32.6 Å². The number of aromatic carboxylic acids is 1. The van der Waals surface area contributed by atoms with Crippen molar-refractivity contribution >= 4 is 5.97 Å². The predicted molar refractivity (Wildman–Crippen MR) is 69.8 cm³/mol. The Labute approximate surface area is 110 Å². The van der Waals surface area contributed by atoms with Crippen LogP contribution in [0.15, 0.2) is 18.2 Å². The number of rotatable bonds is 3. The lowest BCUT2D eigenvalue weighted by molar-refractivity contribution is 0.0683. The number of carbonyl (C=O) groups is 1. The van der Waals surface area contributed by atoms with Gasteiger partial charge in [-0.25, -0.2) is 14.5 Å². The molecule has 0 aliphatic heterocycles. The summed E-state index contributed by atoms with van der Waals surface area (Å²) in [5.74, 6) is -0.0881. The molecule has 19 heavy (non-hydrogen) atoms. The van der Waals surface area contributed by atoms with Crippen LogP contribution in [-0.4, -0.2) is 25.8 Å². The summed E-state index contributed by atoms with van der Waals surface area (Å²) in [4.78, 5) is 15.2. The minimum atomic E-state index is -1.08. The first-order valence-electron chi connectivity index (χ1n) is 6.33. The highest BCUT2D eigenvalue weighted by Gasteiger charge is 2.31. The Balaban J connectivity index is 2.14. The molecule has 0 radical (unpaired) electrons. The van der Waals surface area contributed by atoms with Gasteiger partial charge in [-0.2, -0.15) is 0 Å². The van der Waals surface area contributed by atoms with Crippen molar-refractivity contribution in [2.75, 3.05) is 0 Å². The molecule has 1 heterocycles. The monoisotopic (exact) mass is 257 g/mol. The smallest absolute Gasteiger partial charge is 0.375 e. The number of carboxylic acid groups (broad SMARTS) is 1. The van der Waals surface area contributed by atoms with Crippen LogP contribution in [0.3, 0.4) is 0 Å². The number of benzene rings is 1. The molecule has 0 amide bonds. The summed E-state index contributed by atoms with van der Waals surface area (Å²) in [6, 6.07) is 6.08. The van der Waals surface area contributed by atoms with Gasteiger partial charge in [0.05, 0.1) is 5.69 Å². The van der Waals surface area contributed by atoms with Gasteiger partial charge in [-0.05, 0) is 49.9 Å². The second kappa shape index (κ2) is 4.19. The molecule has 3 rings (SSSR count). The summed E-state index contributed by atoms with van der Waals surface area (Å²) in [7, 11) is 0. The zero-order valence-corrected chi connectivity index (χ0v) is 10.9. The van der Waals surface area contributed by atoms with Crippen LogP contribution in [0.25, 0.3) is 5.69 Å². The van der Waals surface area contributed by atoms with Crippen molar-refractivity contribution in [3.8, 4) is 5.69 Å². The van der Waals surface area contributed by atoms with Crippen molar-refractivity contribution in [3.05, 3.63) is 41.0 Å². The summed E-state index contributed by atoms with van der Waals surface area (Å²) in [6.07, 6.45) is 2.12. The number of aromatic nitrogens is 3. The van der Waals surface area contributed by atoms with Gasteiger partial charge in [-0.1, -0.05) is 6.07 Å². The van der Waals surface area contributed by atoms with Crippen LogP contribution in [0.5, 0.6) is 0 Å². The molecule has 0 spiro atoms. The molecule has 2 aromatic rings. The Morgan fingerprint density at radius 2 is 1.89 bits per heavy atom. The van der Waals surface area contributed by atoms with E-state index in [1.807, 2.05) is 26.0 Å². The largest absolute Gasteiger partial charge is 0.475 e. The van der Waals surface area contributed by atoms with E-state index in [0.29, 0.717) is 5.92 Å². The van der Waals surface area contributed by atoms with Gasteiger partial charge in [0, 0.05) is 5.92 Å². The van der Waals surface area contributed by atoms with E-state index < -0.39 is 5.97 Å². The Hall–Kier alpha value is -2.17. The van der Waals surface area contributed by atoms with Crippen LogP contribution in [0.4, 0.5) is 0 Å². The van der Waals surface area contributed by atoms with Crippen molar-refractivity contribution in [2.24, 2.45) is 0 Å². The normalized spacial score (nSPS) is 14.6. The molecule has 0 bridgehead atoms. The molecule has 0 unspecified atom stereocenters. The second-order valence-electron chi connectivity index (χ2n) is 5.13. The van der Waals surface area contributed by atoms with Gasteiger partial charge in [-0.15, -0.1) is 5.10 Å². The van der Waals surface area contributed by atoms with Crippen molar-refractivity contribution < 1.29 is 9.90 Å². The lowest BCUT2D eigenvalue weighted by Gasteiger charge is -2.07. The molecule has 98 valence electrons. The van der Waals surface area contributed by atoms with E-state index in [4.69, 9.17) is 5.11 Å². The average Bonchev–Trinajstić information content (AvgIpc) is 3.06. The number of hydrogen-bond donors (Lipinski definition) is 1. The number of nitrogens with zero attached hydrogens (tertiary/aromatic N) is 3. The van der Waals surface area contributed by atoms with Gasteiger partial charge >= 0.3 is 5.97 Å². The molecule has 5 heteroatoms. The maximum absolute atomic E-state index is 11.0. The average molecular weight is 257 g/mol. The maximum atomic E-state index is 11.0. The summed E-state index contributed by atoms with van der Waals surface area (Å²) in [5.41, 5.74) is 3.15. The molecular formula is C14H15N3O2. The fourth-order valence-electron chi connectivity index (χ4n) is 2.28. The Kier molecular flexibility index (Phi) is 2.62. The number of carboxylic acids is 1. The Morgan fingerprint density at radius 1 is 1.26 bits per heavy atom. The summed E-state index contributed by atoms with van der Waals surface area (Å²) < 4.78 is 1.68. The predicted octanol–water partition coefficient (Wildman–Crippen LogP) is 2.46. The van der Waals surface area contributed by atoms with Crippen molar-refractivity contribution in [1.29, 1.82) is 0 Å². The molecule has 1 N–H and O–H groups in total. The first-order chi connectivity index (χ1) is 9.04. The Bertz CT molecular complexity index is 636. The minimum Gasteiger partial charge on any atom is -0.475 e. The fourth-order valence-corrected chi connectivity index (χ4v) is 2.28. The van der Waals surface area contributed by atoms with Crippen LogP contribution in [-0.2, 0) is 0 Å². The molecule has 0 atom stereocenters. The van der Waals surface area contributed by atoms with Gasteiger partial charge in [0.1, 0.15) is 5.82 Å². The van der Waals surface area contributed by atoms with E-state index in [2.05, 4.69) is 16.1 Å². The van der Waals surface area contributed by atoms with Gasteiger partial charge in [0.25, 0.3) is 5.82 Å². The molecule has 1 fully saturated rings. The van der Waals surface area contributed by atoms with Crippen molar-refractivity contribution in [1.82, 2.24) is 14.8 Å². The van der Waals surface area contributed by atoms with Crippen molar-refractivity contribution in [3.63, 3.8) is 0 Å². The molecular weight excluding hydrogens is 242 g/mol. The van der Waals surface area contributed by atoms with E-state index >= 15 is 0 Å². The molecule has 5 nitrogen and oxygen atoms in total. The molecule has 0 saturated heterocycles. The van der Waals surface area contributed by atoms with E-state index in [-0.39, 0.29) is 5.82 Å². The highest BCUT2D eigenvalue weighted by molar-refractivity contribution is 5.83. The van der Waals surface area contributed by atoms with Gasteiger partial charge in [-0.3, -0.25) is 0 Å². The SMILES string of the molecule is Cc1cc(C)cc(-n2nc(C(=O)O)nc2C2CC2)c1. The van der Waals surface area contributed by atoms with Gasteiger partial charge in [0.15, 0.2) is 0 Å². The third-order valence-electron chi connectivity index (χ3n) is 3.22. The minimum absolute atomic E-state index is 0.124. The summed E-state index contributed by atoms with van der Waals surface area (Å²) >= 11 is 0. The van der Waals surface area contributed by atoms with E-state index in [1.165, 1.54) is 0 Å². The first kappa shape index (κ1) is 11.9. The summed E-state index contributed by atoms with van der Waals surface area (Å²) in [6.45, 7) is 4.03. The van der Waals surface area contributed by atoms with Crippen LogP contribution >= 0.6 is 0 Å². The molecule has 1 saturated carbocycles. The highest BCUT2D eigenvalue weighted by atomic mass is 16.4. The van der Waals surface area contributed by atoms with Gasteiger partial charge in [0.2, 0.25) is 0 Å². The molecule has 1 aromatic carbocycles. The van der Waals surface area contributed by atoms with E-state index in [9.17, 15) is 4.79 Å². The second-order valence-corrected chi connectivity index (χ2v) is 5.13. The molecule has 1 aliphatic carbocycles. The third kappa shape index (κ3) is 2.23. The topological polar surface area (TPSA) is 68.0 Å². The summed E-state index contributed by atoms with van der Waals surface area (Å²) in [5, 5.41) is 13.2. The van der Waals surface area contributed by atoms with E-state index in [0.717, 1.165) is 35.5 Å². The number of aryl methyl sites for hydroxylation is 2. The number of hydrogen-bond acceptors (Lipinski definition) is 3. The molecule has 1 aliphatic rings. The Morgan fingerprint density at radius 3 is 2.42 bits per heavy atom. The van der Waals surface area contributed by atoms with Crippen LogP contribution in [0.1, 0.15) is 46.3 Å². The zero-order chi connectivity index (χ0) is 13.6. The van der Waals surface area contributed by atoms with Crippen LogP contribution in [0, 0.1) is 13.8 Å².